The van der Waals surface area contributed by atoms with Gasteiger partial charge in [-0.25, -0.2) is 0 Å². The molecule has 0 saturated heterocycles. The first-order valence-electron chi connectivity index (χ1n) is 6.03. The predicted octanol–water partition coefficient (Wildman–Crippen LogP) is 1.62. The molecule has 0 fully saturated rings. The molecule has 1 amide bonds. The number of nitrogens with zero attached hydrogens (tertiary/aromatic N) is 1. The minimum Gasteiger partial charge on any atom is -0.502 e. The van der Waals surface area contributed by atoms with Gasteiger partial charge in [-0.15, -0.1) is 6.58 Å². The summed E-state index contributed by atoms with van der Waals surface area (Å²) in [5.41, 5.74) is 0.415. The van der Waals surface area contributed by atoms with E-state index >= 15 is 0 Å². The Morgan fingerprint density at radius 1 is 1.43 bits per heavy atom. The highest BCUT2D eigenvalue weighted by molar-refractivity contribution is 6.01. The van der Waals surface area contributed by atoms with Gasteiger partial charge >= 0.3 is 0 Å². The molecule has 6 nitrogen and oxygen atoms in total. The molecular weight excluding hydrogens is 272 g/mol. The number of phenolic OH excluding ortho intramolecular Hbond substituents is 1. The van der Waals surface area contributed by atoms with Crippen molar-refractivity contribution >= 4 is 12.0 Å². The van der Waals surface area contributed by atoms with Crippen LogP contribution in [-0.4, -0.2) is 31.8 Å². The minimum absolute atomic E-state index is 0.0772. The van der Waals surface area contributed by atoms with Gasteiger partial charge in [0.1, 0.15) is 11.6 Å². The summed E-state index contributed by atoms with van der Waals surface area (Å²) in [5, 5.41) is 21.4. The van der Waals surface area contributed by atoms with Crippen molar-refractivity contribution in [3.8, 4) is 23.3 Å². The molecular formula is C15H16N2O4. The fourth-order valence-corrected chi connectivity index (χ4v) is 1.57. The van der Waals surface area contributed by atoms with Crippen LogP contribution < -0.4 is 14.8 Å². The predicted molar refractivity (Wildman–Crippen MR) is 78.0 cm³/mol. The van der Waals surface area contributed by atoms with E-state index in [4.69, 9.17) is 14.7 Å². The van der Waals surface area contributed by atoms with Crippen molar-refractivity contribution in [2.75, 3.05) is 20.8 Å². The monoisotopic (exact) mass is 288 g/mol. The number of carbonyl (C=O) groups is 1. The molecule has 0 unspecified atom stereocenters. The first-order valence-corrected chi connectivity index (χ1v) is 6.03. The van der Waals surface area contributed by atoms with Gasteiger partial charge in [-0.2, -0.15) is 5.26 Å². The van der Waals surface area contributed by atoms with E-state index in [1.165, 1.54) is 38.5 Å². The van der Waals surface area contributed by atoms with E-state index in [2.05, 4.69) is 11.9 Å². The molecule has 0 aliphatic rings. The lowest BCUT2D eigenvalue weighted by Crippen LogP contribution is -2.24. The highest BCUT2D eigenvalue weighted by atomic mass is 16.5. The quantitative estimate of drug-likeness (QED) is 0.471. The topological polar surface area (TPSA) is 91.6 Å². The van der Waals surface area contributed by atoms with Gasteiger partial charge in [-0.1, -0.05) is 6.08 Å². The number of amides is 1. The van der Waals surface area contributed by atoms with E-state index < -0.39 is 5.91 Å². The Bertz CT molecular complexity index is 590. The average Bonchev–Trinajstić information content (AvgIpc) is 2.51. The molecule has 0 bridgehead atoms. The molecule has 0 aromatic heterocycles. The highest BCUT2D eigenvalue weighted by Gasteiger charge is 2.13. The van der Waals surface area contributed by atoms with Gasteiger partial charge in [-0.05, 0) is 23.8 Å². The zero-order chi connectivity index (χ0) is 15.8. The second-order valence-corrected chi connectivity index (χ2v) is 3.94. The van der Waals surface area contributed by atoms with E-state index in [0.717, 1.165) is 0 Å². The van der Waals surface area contributed by atoms with Gasteiger partial charge in [0, 0.05) is 6.54 Å². The van der Waals surface area contributed by atoms with Gasteiger partial charge in [0.25, 0.3) is 5.91 Å². The molecule has 21 heavy (non-hydrogen) atoms. The standard InChI is InChI=1S/C15H16N2O4/c1-4-5-17-15(19)11(9-16)6-10-7-12(20-2)14(18)13(8-10)21-3/h4,6-8,18H,1,5H2,2-3H3,(H,17,19)/b11-6-. The molecule has 0 heterocycles. The number of benzene rings is 1. The van der Waals surface area contributed by atoms with Gasteiger partial charge < -0.3 is 19.9 Å². The van der Waals surface area contributed by atoms with Crippen molar-refractivity contribution in [2.24, 2.45) is 0 Å². The lowest BCUT2D eigenvalue weighted by Gasteiger charge is -2.09. The zero-order valence-electron chi connectivity index (χ0n) is 11.8. The molecule has 0 saturated carbocycles. The summed E-state index contributed by atoms with van der Waals surface area (Å²) in [7, 11) is 2.79. The van der Waals surface area contributed by atoms with Crippen LogP contribution in [0.3, 0.4) is 0 Å². The zero-order valence-corrected chi connectivity index (χ0v) is 11.8. The van der Waals surface area contributed by atoms with Crippen molar-refractivity contribution in [3.05, 3.63) is 35.9 Å². The third-order valence-corrected chi connectivity index (χ3v) is 2.59. The lowest BCUT2D eigenvalue weighted by molar-refractivity contribution is -0.116. The largest absolute Gasteiger partial charge is 0.502 e. The van der Waals surface area contributed by atoms with Crippen molar-refractivity contribution in [1.82, 2.24) is 5.32 Å². The number of hydrogen-bond donors (Lipinski definition) is 2. The normalized spacial score (nSPS) is 10.4. The van der Waals surface area contributed by atoms with E-state index in [-0.39, 0.29) is 29.4 Å². The number of hydrogen-bond acceptors (Lipinski definition) is 5. The minimum atomic E-state index is -0.511. The second kappa shape index (κ2) is 7.60. The van der Waals surface area contributed by atoms with Crippen LogP contribution >= 0.6 is 0 Å². The Labute approximate surface area is 122 Å². The third kappa shape index (κ3) is 4.01. The van der Waals surface area contributed by atoms with Crippen molar-refractivity contribution in [2.45, 2.75) is 0 Å². The summed E-state index contributed by atoms with van der Waals surface area (Å²) in [6, 6.07) is 4.81. The molecule has 6 heteroatoms. The van der Waals surface area contributed by atoms with Crippen LogP contribution in [0.25, 0.3) is 6.08 Å². The Hall–Kier alpha value is -2.94. The number of ether oxygens (including phenoxy) is 2. The molecule has 1 rings (SSSR count). The van der Waals surface area contributed by atoms with Crippen molar-refractivity contribution in [3.63, 3.8) is 0 Å². The molecule has 0 radical (unpaired) electrons. The molecule has 0 aliphatic carbocycles. The van der Waals surface area contributed by atoms with Crippen LogP contribution in [0.2, 0.25) is 0 Å². The Morgan fingerprint density at radius 2 is 2.00 bits per heavy atom. The smallest absolute Gasteiger partial charge is 0.262 e. The molecule has 1 aromatic rings. The molecule has 0 atom stereocenters. The van der Waals surface area contributed by atoms with Gasteiger partial charge in [0.05, 0.1) is 14.2 Å². The summed E-state index contributed by atoms with van der Waals surface area (Å²) >= 11 is 0. The maximum atomic E-state index is 11.8. The number of methoxy groups -OCH3 is 2. The fourth-order valence-electron chi connectivity index (χ4n) is 1.57. The molecule has 1 aromatic carbocycles. The first-order chi connectivity index (χ1) is 10.1. The van der Waals surface area contributed by atoms with Crippen LogP contribution in [-0.2, 0) is 4.79 Å². The summed E-state index contributed by atoms with van der Waals surface area (Å²) in [6.45, 7) is 3.74. The number of carbonyl (C=O) groups excluding carboxylic acids is 1. The lowest BCUT2D eigenvalue weighted by atomic mass is 10.1. The van der Waals surface area contributed by atoms with Gasteiger partial charge in [0.15, 0.2) is 11.5 Å². The maximum Gasteiger partial charge on any atom is 0.262 e. The highest BCUT2D eigenvalue weighted by Crippen LogP contribution is 2.37. The van der Waals surface area contributed by atoms with E-state index in [0.29, 0.717) is 5.56 Å². The molecule has 0 aliphatic heterocycles. The van der Waals surface area contributed by atoms with Crippen LogP contribution in [0, 0.1) is 11.3 Å². The van der Waals surface area contributed by atoms with Crippen LogP contribution in [0.15, 0.2) is 30.4 Å². The Morgan fingerprint density at radius 3 is 2.43 bits per heavy atom. The number of aromatic hydroxyl groups is 1. The summed E-state index contributed by atoms with van der Waals surface area (Å²) in [6.07, 6.45) is 2.89. The van der Waals surface area contributed by atoms with Gasteiger partial charge in [-0.3, -0.25) is 4.79 Å². The average molecular weight is 288 g/mol. The maximum absolute atomic E-state index is 11.8. The number of phenols is 1. The molecule has 0 spiro atoms. The number of rotatable bonds is 6. The van der Waals surface area contributed by atoms with Crippen LogP contribution in [0.4, 0.5) is 0 Å². The van der Waals surface area contributed by atoms with E-state index in [1.54, 1.807) is 0 Å². The Kier molecular flexibility index (Phi) is 5.83. The number of nitrogens with one attached hydrogen (secondary N) is 1. The van der Waals surface area contributed by atoms with E-state index in [1.807, 2.05) is 6.07 Å². The van der Waals surface area contributed by atoms with Crippen molar-refractivity contribution < 1.29 is 19.4 Å². The third-order valence-electron chi connectivity index (χ3n) is 2.59. The number of nitriles is 1. The SMILES string of the molecule is C=CCNC(=O)/C(C#N)=C\c1cc(OC)c(O)c(OC)c1. The molecule has 110 valence electrons. The van der Waals surface area contributed by atoms with Gasteiger partial charge in [0.2, 0.25) is 5.75 Å². The van der Waals surface area contributed by atoms with Crippen molar-refractivity contribution in [1.29, 1.82) is 5.26 Å². The van der Waals surface area contributed by atoms with Crippen LogP contribution in [0.5, 0.6) is 17.2 Å². The fraction of sp³-hybridized carbons (Fsp3) is 0.200. The van der Waals surface area contributed by atoms with E-state index in [9.17, 15) is 9.90 Å². The molecule has 2 N–H and O–H groups in total. The second-order valence-electron chi connectivity index (χ2n) is 3.94. The summed E-state index contributed by atoms with van der Waals surface area (Å²) in [4.78, 5) is 11.8. The Balaban J connectivity index is 3.20. The summed E-state index contributed by atoms with van der Waals surface area (Å²) < 4.78 is 10.0. The summed E-state index contributed by atoms with van der Waals surface area (Å²) in [5.74, 6) is -0.288. The first kappa shape index (κ1) is 16.1. The van der Waals surface area contributed by atoms with Crippen LogP contribution in [0.1, 0.15) is 5.56 Å².